The van der Waals surface area contributed by atoms with Gasteiger partial charge in [-0.1, -0.05) is 17.7 Å². The molecular formula is C13H8ClIN4OS. The summed E-state index contributed by atoms with van der Waals surface area (Å²) in [5.41, 5.74) is 1.79. The molecule has 0 aliphatic carbocycles. The lowest BCUT2D eigenvalue weighted by Crippen LogP contribution is -2.13. The van der Waals surface area contributed by atoms with Crippen LogP contribution in [0.3, 0.4) is 0 Å². The second-order valence-electron chi connectivity index (χ2n) is 4.07. The number of hydrogen-bond acceptors (Lipinski definition) is 4. The number of anilines is 1. The highest BCUT2D eigenvalue weighted by Crippen LogP contribution is 2.28. The van der Waals surface area contributed by atoms with Crippen molar-refractivity contribution < 1.29 is 4.79 Å². The molecule has 3 aromatic rings. The van der Waals surface area contributed by atoms with Gasteiger partial charge in [-0.2, -0.15) is 5.10 Å². The van der Waals surface area contributed by atoms with Crippen LogP contribution in [0.1, 0.15) is 10.4 Å². The Morgan fingerprint density at radius 1 is 1.43 bits per heavy atom. The molecule has 0 radical (unpaired) electrons. The van der Waals surface area contributed by atoms with Gasteiger partial charge in [-0.15, -0.1) is 11.3 Å². The molecule has 0 fully saturated rings. The molecule has 5 nitrogen and oxygen atoms in total. The number of thiophene rings is 1. The summed E-state index contributed by atoms with van der Waals surface area (Å²) in [6.07, 6.45) is 2.95. The van der Waals surface area contributed by atoms with Gasteiger partial charge < -0.3 is 5.32 Å². The van der Waals surface area contributed by atoms with Crippen molar-refractivity contribution in [2.75, 3.05) is 5.32 Å². The Kier molecular flexibility index (Phi) is 4.22. The monoisotopic (exact) mass is 430 g/mol. The summed E-state index contributed by atoms with van der Waals surface area (Å²) in [6, 6.07) is 7.12. The summed E-state index contributed by atoms with van der Waals surface area (Å²) in [7, 11) is 0. The predicted molar refractivity (Wildman–Crippen MR) is 91.4 cm³/mol. The zero-order valence-electron chi connectivity index (χ0n) is 10.5. The number of amides is 1. The predicted octanol–water partition coefficient (Wildman–Crippen LogP) is 3.84. The molecule has 0 unspecified atom stereocenters. The van der Waals surface area contributed by atoms with E-state index in [0.717, 1.165) is 2.88 Å². The van der Waals surface area contributed by atoms with Crippen molar-refractivity contribution in [1.82, 2.24) is 14.8 Å². The zero-order valence-corrected chi connectivity index (χ0v) is 14.2. The van der Waals surface area contributed by atoms with Crippen LogP contribution in [0, 0.1) is 2.88 Å². The maximum Gasteiger partial charge on any atom is 0.256 e. The van der Waals surface area contributed by atoms with Crippen LogP contribution in [0.4, 0.5) is 5.69 Å². The number of carbonyl (C=O) groups is 1. The van der Waals surface area contributed by atoms with Crippen LogP contribution in [0.2, 0.25) is 5.02 Å². The zero-order chi connectivity index (χ0) is 14.8. The van der Waals surface area contributed by atoms with E-state index in [-0.39, 0.29) is 5.91 Å². The summed E-state index contributed by atoms with van der Waals surface area (Å²) >= 11 is 9.92. The smallest absolute Gasteiger partial charge is 0.256 e. The van der Waals surface area contributed by atoms with E-state index in [2.05, 4.69) is 38.0 Å². The van der Waals surface area contributed by atoms with Crippen molar-refractivity contribution in [2.45, 2.75) is 0 Å². The molecule has 1 aromatic carbocycles. The SMILES string of the molecule is O=C(Nc1cccc(Cl)c1-n1cncn1)c1csc(I)c1. The number of rotatable bonds is 3. The first kappa shape index (κ1) is 14.5. The number of carbonyl (C=O) groups excluding carboxylic acids is 1. The Balaban J connectivity index is 1.96. The third-order valence-corrected chi connectivity index (χ3v) is 4.81. The third kappa shape index (κ3) is 3.09. The molecule has 0 bridgehead atoms. The van der Waals surface area contributed by atoms with E-state index in [1.807, 2.05) is 11.4 Å². The Labute approximate surface area is 143 Å². The highest BCUT2D eigenvalue weighted by atomic mass is 127. The molecule has 106 valence electrons. The molecule has 0 aliphatic rings. The average molecular weight is 431 g/mol. The van der Waals surface area contributed by atoms with E-state index in [1.165, 1.54) is 28.7 Å². The number of benzene rings is 1. The summed E-state index contributed by atoms with van der Waals surface area (Å²) in [6.45, 7) is 0. The second-order valence-corrected chi connectivity index (χ2v) is 7.28. The van der Waals surface area contributed by atoms with E-state index in [1.54, 1.807) is 18.2 Å². The molecule has 0 saturated heterocycles. The van der Waals surface area contributed by atoms with Crippen molar-refractivity contribution in [2.24, 2.45) is 0 Å². The quantitative estimate of drug-likeness (QED) is 0.642. The molecule has 2 aromatic heterocycles. The first-order valence-electron chi connectivity index (χ1n) is 5.84. The third-order valence-electron chi connectivity index (χ3n) is 2.71. The summed E-state index contributed by atoms with van der Waals surface area (Å²) in [5, 5.41) is 9.22. The maximum absolute atomic E-state index is 12.3. The van der Waals surface area contributed by atoms with Gasteiger partial charge in [0, 0.05) is 5.38 Å². The highest BCUT2D eigenvalue weighted by molar-refractivity contribution is 14.1. The molecule has 21 heavy (non-hydrogen) atoms. The molecule has 0 aliphatic heterocycles. The van der Waals surface area contributed by atoms with Gasteiger partial charge in [-0.25, -0.2) is 9.67 Å². The van der Waals surface area contributed by atoms with E-state index in [4.69, 9.17) is 11.6 Å². The molecule has 2 heterocycles. The number of hydrogen-bond donors (Lipinski definition) is 1. The molecule has 1 amide bonds. The minimum absolute atomic E-state index is 0.183. The lowest BCUT2D eigenvalue weighted by molar-refractivity contribution is 0.102. The Hall–Kier alpha value is -1.45. The maximum atomic E-state index is 12.3. The lowest BCUT2D eigenvalue weighted by Gasteiger charge is -2.11. The standard InChI is InChI=1S/C13H8ClIN4OS/c14-9-2-1-3-10(12(9)19-7-16-6-17-19)18-13(20)8-4-11(15)21-5-8/h1-7H,(H,18,20). The van der Waals surface area contributed by atoms with Crippen molar-refractivity contribution >= 4 is 57.1 Å². The highest BCUT2D eigenvalue weighted by Gasteiger charge is 2.14. The number of nitrogens with one attached hydrogen (secondary N) is 1. The molecule has 8 heteroatoms. The van der Waals surface area contributed by atoms with E-state index in [9.17, 15) is 4.79 Å². The van der Waals surface area contributed by atoms with Crippen LogP contribution in [-0.2, 0) is 0 Å². The van der Waals surface area contributed by atoms with E-state index < -0.39 is 0 Å². The van der Waals surface area contributed by atoms with Crippen LogP contribution >= 0.6 is 45.5 Å². The van der Waals surface area contributed by atoms with Gasteiger partial charge in [-0.05, 0) is 40.8 Å². The van der Waals surface area contributed by atoms with Crippen LogP contribution < -0.4 is 5.32 Å². The Morgan fingerprint density at radius 3 is 2.95 bits per heavy atom. The van der Waals surface area contributed by atoms with Crippen molar-refractivity contribution in [3.05, 3.63) is 55.8 Å². The van der Waals surface area contributed by atoms with Gasteiger partial charge in [0.05, 0.1) is 19.2 Å². The van der Waals surface area contributed by atoms with Gasteiger partial charge in [0.1, 0.15) is 18.3 Å². The largest absolute Gasteiger partial charge is 0.320 e. The minimum Gasteiger partial charge on any atom is -0.320 e. The minimum atomic E-state index is -0.183. The van der Waals surface area contributed by atoms with E-state index >= 15 is 0 Å². The lowest BCUT2D eigenvalue weighted by atomic mass is 10.2. The van der Waals surface area contributed by atoms with Gasteiger partial charge in [0.15, 0.2) is 0 Å². The first-order chi connectivity index (χ1) is 10.1. The van der Waals surface area contributed by atoms with Gasteiger partial charge in [0.2, 0.25) is 0 Å². The Bertz CT molecular complexity index is 787. The fourth-order valence-electron chi connectivity index (χ4n) is 1.80. The molecule has 0 spiro atoms. The number of nitrogens with zero attached hydrogens (tertiary/aromatic N) is 3. The Morgan fingerprint density at radius 2 is 2.29 bits per heavy atom. The molecule has 0 atom stereocenters. The number of aromatic nitrogens is 3. The van der Waals surface area contributed by atoms with Crippen molar-refractivity contribution in [3.8, 4) is 5.69 Å². The fraction of sp³-hybridized carbons (Fsp3) is 0. The fourth-order valence-corrected chi connectivity index (χ4v) is 3.38. The van der Waals surface area contributed by atoms with Crippen molar-refractivity contribution in [3.63, 3.8) is 0 Å². The average Bonchev–Trinajstić information content (AvgIpc) is 3.10. The number of halogens is 2. The molecule has 3 rings (SSSR count). The first-order valence-corrected chi connectivity index (χ1v) is 8.17. The normalized spacial score (nSPS) is 10.6. The molecule has 0 saturated carbocycles. The van der Waals surface area contributed by atoms with Crippen molar-refractivity contribution in [1.29, 1.82) is 0 Å². The molecular weight excluding hydrogens is 423 g/mol. The van der Waals surface area contributed by atoms with Gasteiger partial charge in [-0.3, -0.25) is 4.79 Å². The number of para-hydroxylation sites is 1. The van der Waals surface area contributed by atoms with Crippen LogP contribution in [0.25, 0.3) is 5.69 Å². The van der Waals surface area contributed by atoms with Gasteiger partial charge >= 0.3 is 0 Å². The summed E-state index contributed by atoms with van der Waals surface area (Å²) in [4.78, 5) is 16.2. The second kappa shape index (κ2) is 6.12. The van der Waals surface area contributed by atoms with E-state index in [0.29, 0.717) is 22.0 Å². The summed E-state index contributed by atoms with van der Waals surface area (Å²) in [5.74, 6) is -0.183. The van der Waals surface area contributed by atoms with Crippen LogP contribution in [0.15, 0.2) is 42.3 Å². The van der Waals surface area contributed by atoms with Crippen LogP contribution in [-0.4, -0.2) is 20.7 Å². The van der Waals surface area contributed by atoms with Gasteiger partial charge in [0.25, 0.3) is 5.91 Å². The topological polar surface area (TPSA) is 59.8 Å². The van der Waals surface area contributed by atoms with Crippen LogP contribution in [0.5, 0.6) is 0 Å². The molecule has 1 N–H and O–H groups in total. The summed E-state index contributed by atoms with van der Waals surface area (Å²) < 4.78 is 2.58.